The van der Waals surface area contributed by atoms with Gasteiger partial charge < -0.3 is 10.1 Å². The highest BCUT2D eigenvalue weighted by molar-refractivity contribution is 5.76. The molecule has 2 heteroatoms. The number of ether oxygens (including phenoxy) is 1. The van der Waals surface area contributed by atoms with E-state index >= 15 is 0 Å². The van der Waals surface area contributed by atoms with Gasteiger partial charge in [0.1, 0.15) is 0 Å². The lowest BCUT2D eigenvalue weighted by atomic mass is 10.00. The first-order chi connectivity index (χ1) is 9.83. The second kappa shape index (κ2) is 5.78. The van der Waals surface area contributed by atoms with Gasteiger partial charge in [-0.1, -0.05) is 42.5 Å². The van der Waals surface area contributed by atoms with E-state index < -0.39 is 0 Å². The summed E-state index contributed by atoms with van der Waals surface area (Å²) in [7, 11) is 1.99. The predicted molar refractivity (Wildman–Crippen MR) is 83.0 cm³/mol. The molecule has 0 saturated heterocycles. The molecule has 104 valence electrons. The van der Waals surface area contributed by atoms with Crippen molar-refractivity contribution in [1.82, 2.24) is 5.32 Å². The Bertz CT molecular complexity index is 606. The smallest absolute Gasteiger partial charge is 0.0661 e. The Hall–Kier alpha value is -1.64. The topological polar surface area (TPSA) is 21.3 Å². The maximum Gasteiger partial charge on any atom is 0.0661 e. The van der Waals surface area contributed by atoms with Gasteiger partial charge in [0.15, 0.2) is 0 Å². The highest BCUT2D eigenvalue weighted by Gasteiger charge is 2.19. The molecule has 0 aliphatic heterocycles. The molecule has 1 unspecified atom stereocenters. The normalized spacial score (nSPS) is 13.9. The van der Waals surface area contributed by atoms with Crippen molar-refractivity contribution >= 4 is 0 Å². The fourth-order valence-electron chi connectivity index (χ4n) is 2.96. The van der Waals surface area contributed by atoms with E-state index in [1.54, 1.807) is 0 Å². The summed E-state index contributed by atoms with van der Waals surface area (Å²) in [5.74, 6) is 0. The molecule has 0 heterocycles. The van der Waals surface area contributed by atoms with Gasteiger partial charge in [-0.25, -0.2) is 0 Å². The summed E-state index contributed by atoms with van der Waals surface area (Å²) in [5.41, 5.74) is 6.95. The van der Waals surface area contributed by atoms with Gasteiger partial charge in [0, 0.05) is 6.61 Å². The molecule has 0 amide bonds. The quantitative estimate of drug-likeness (QED) is 0.763. The van der Waals surface area contributed by atoms with Gasteiger partial charge in [-0.05, 0) is 48.2 Å². The molecule has 1 aliphatic rings. The van der Waals surface area contributed by atoms with Crippen molar-refractivity contribution in [2.75, 3.05) is 20.3 Å². The van der Waals surface area contributed by atoms with E-state index in [4.69, 9.17) is 4.74 Å². The van der Waals surface area contributed by atoms with Gasteiger partial charge in [0.25, 0.3) is 0 Å². The molecule has 2 nitrogen and oxygen atoms in total. The minimum Gasteiger partial charge on any atom is -0.380 e. The largest absolute Gasteiger partial charge is 0.380 e. The fourth-order valence-corrected chi connectivity index (χ4v) is 2.96. The Balaban J connectivity index is 1.90. The van der Waals surface area contributed by atoms with Crippen LogP contribution in [0.2, 0.25) is 0 Å². The number of rotatable bonds is 5. The van der Waals surface area contributed by atoms with Crippen LogP contribution < -0.4 is 5.32 Å². The van der Waals surface area contributed by atoms with Crippen LogP contribution in [0.3, 0.4) is 0 Å². The van der Waals surface area contributed by atoms with Crippen LogP contribution in [-0.2, 0) is 11.2 Å². The summed E-state index contributed by atoms with van der Waals surface area (Å²) in [6.45, 7) is 3.51. The Kier molecular flexibility index (Phi) is 3.86. The molecule has 1 aliphatic carbocycles. The highest BCUT2D eigenvalue weighted by atomic mass is 16.5. The average molecular weight is 267 g/mol. The van der Waals surface area contributed by atoms with Crippen LogP contribution >= 0.6 is 0 Å². The zero-order valence-electron chi connectivity index (χ0n) is 12.1. The van der Waals surface area contributed by atoms with Crippen molar-refractivity contribution < 1.29 is 4.74 Å². The van der Waals surface area contributed by atoms with Gasteiger partial charge in [-0.2, -0.15) is 0 Å². The van der Waals surface area contributed by atoms with Crippen LogP contribution in [0.25, 0.3) is 11.1 Å². The summed E-state index contributed by atoms with van der Waals surface area (Å²) in [6.07, 6.45) is 1.05. The molecule has 0 fully saturated rings. The maximum absolute atomic E-state index is 5.56. The van der Waals surface area contributed by atoms with Crippen molar-refractivity contribution in [3.05, 3.63) is 59.2 Å². The average Bonchev–Trinajstić information content (AvgIpc) is 2.86. The van der Waals surface area contributed by atoms with E-state index in [9.17, 15) is 0 Å². The third-order valence-corrected chi connectivity index (χ3v) is 4.06. The molecule has 2 aromatic rings. The number of fused-ring (bicyclic) bond motifs is 3. The standard InChI is InChI=1S/C18H21NO/c1-3-20-12-18(19-2)14-8-9-17-15(11-14)10-13-6-4-5-7-16(13)17/h4-9,11,18-19H,3,10,12H2,1-2H3. The second-order valence-corrected chi connectivity index (χ2v) is 5.25. The molecule has 0 spiro atoms. The molecular weight excluding hydrogens is 246 g/mol. The predicted octanol–water partition coefficient (Wildman–Crippen LogP) is 3.55. The lowest BCUT2D eigenvalue weighted by molar-refractivity contribution is 0.125. The highest BCUT2D eigenvalue weighted by Crippen LogP contribution is 2.37. The Morgan fingerprint density at radius 1 is 1.10 bits per heavy atom. The summed E-state index contributed by atoms with van der Waals surface area (Å²) in [4.78, 5) is 0. The van der Waals surface area contributed by atoms with Crippen molar-refractivity contribution in [2.45, 2.75) is 19.4 Å². The van der Waals surface area contributed by atoms with Gasteiger partial charge in [-0.3, -0.25) is 0 Å². The van der Waals surface area contributed by atoms with Crippen LogP contribution in [0.1, 0.15) is 29.7 Å². The number of benzene rings is 2. The van der Waals surface area contributed by atoms with Crippen LogP contribution in [0.4, 0.5) is 0 Å². The first kappa shape index (κ1) is 13.3. The zero-order valence-corrected chi connectivity index (χ0v) is 12.1. The number of hydrogen-bond donors (Lipinski definition) is 1. The third kappa shape index (κ3) is 2.37. The second-order valence-electron chi connectivity index (χ2n) is 5.25. The Morgan fingerprint density at radius 3 is 2.70 bits per heavy atom. The van der Waals surface area contributed by atoms with Crippen LogP contribution in [0, 0.1) is 0 Å². The van der Waals surface area contributed by atoms with Crippen molar-refractivity contribution in [1.29, 1.82) is 0 Å². The van der Waals surface area contributed by atoms with E-state index in [0.29, 0.717) is 0 Å². The van der Waals surface area contributed by atoms with Crippen LogP contribution in [0.5, 0.6) is 0 Å². The number of likely N-dealkylation sites (N-methyl/N-ethyl adjacent to an activating group) is 1. The fraction of sp³-hybridized carbons (Fsp3) is 0.333. The van der Waals surface area contributed by atoms with Gasteiger partial charge in [0.2, 0.25) is 0 Å². The van der Waals surface area contributed by atoms with E-state index in [2.05, 4.69) is 47.8 Å². The monoisotopic (exact) mass is 267 g/mol. The lowest BCUT2D eigenvalue weighted by Crippen LogP contribution is -2.21. The van der Waals surface area contributed by atoms with Gasteiger partial charge in [-0.15, -0.1) is 0 Å². The first-order valence-corrected chi connectivity index (χ1v) is 7.29. The molecule has 1 N–H and O–H groups in total. The molecule has 20 heavy (non-hydrogen) atoms. The van der Waals surface area contributed by atoms with Gasteiger partial charge in [0.05, 0.1) is 12.6 Å². The molecule has 2 aromatic carbocycles. The minimum atomic E-state index is 0.268. The Morgan fingerprint density at radius 2 is 1.90 bits per heavy atom. The Labute approximate surface area is 120 Å². The minimum absolute atomic E-state index is 0.268. The molecule has 0 bridgehead atoms. The molecule has 0 radical (unpaired) electrons. The first-order valence-electron chi connectivity index (χ1n) is 7.29. The third-order valence-electron chi connectivity index (χ3n) is 4.06. The van der Waals surface area contributed by atoms with E-state index in [-0.39, 0.29) is 6.04 Å². The molecular formula is C18H21NO. The maximum atomic E-state index is 5.56. The summed E-state index contributed by atoms with van der Waals surface area (Å²) < 4.78 is 5.56. The summed E-state index contributed by atoms with van der Waals surface area (Å²) in [5, 5.41) is 3.34. The number of hydrogen-bond acceptors (Lipinski definition) is 2. The van der Waals surface area contributed by atoms with Gasteiger partial charge >= 0.3 is 0 Å². The zero-order chi connectivity index (χ0) is 13.9. The van der Waals surface area contributed by atoms with Crippen molar-refractivity contribution in [2.24, 2.45) is 0 Å². The molecule has 0 aromatic heterocycles. The van der Waals surface area contributed by atoms with E-state index in [1.165, 1.54) is 27.8 Å². The molecule has 0 saturated carbocycles. The summed E-state index contributed by atoms with van der Waals surface area (Å²) in [6, 6.07) is 15.8. The SMILES string of the molecule is CCOCC(NC)c1ccc2c(c1)Cc1ccccc1-2. The molecule has 1 atom stereocenters. The van der Waals surface area contributed by atoms with E-state index in [0.717, 1.165) is 19.6 Å². The van der Waals surface area contributed by atoms with Crippen LogP contribution in [-0.4, -0.2) is 20.3 Å². The van der Waals surface area contributed by atoms with Crippen LogP contribution in [0.15, 0.2) is 42.5 Å². The number of nitrogens with one attached hydrogen (secondary N) is 1. The van der Waals surface area contributed by atoms with Crippen molar-refractivity contribution in [3.63, 3.8) is 0 Å². The molecule has 3 rings (SSSR count). The van der Waals surface area contributed by atoms with Crippen molar-refractivity contribution in [3.8, 4) is 11.1 Å². The van der Waals surface area contributed by atoms with E-state index in [1.807, 2.05) is 14.0 Å². The summed E-state index contributed by atoms with van der Waals surface area (Å²) >= 11 is 0. The lowest BCUT2D eigenvalue weighted by Gasteiger charge is -2.17.